The number of pyridine rings is 2. The van der Waals surface area contributed by atoms with E-state index in [9.17, 15) is 4.79 Å². The van der Waals surface area contributed by atoms with Crippen molar-refractivity contribution in [2.75, 3.05) is 13.1 Å². The lowest BCUT2D eigenvalue weighted by Gasteiger charge is -2.32. The van der Waals surface area contributed by atoms with Crippen molar-refractivity contribution in [3.05, 3.63) is 89.4 Å². The summed E-state index contributed by atoms with van der Waals surface area (Å²) in [5, 5.41) is 2.89. The summed E-state index contributed by atoms with van der Waals surface area (Å²) in [6.45, 7) is 5.64. The van der Waals surface area contributed by atoms with Crippen LogP contribution in [0.15, 0.2) is 67.1 Å². The normalized spacial score (nSPS) is 14.9. The molecule has 1 saturated heterocycles. The summed E-state index contributed by atoms with van der Waals surface area (Å²) in [4.78, 5) is 23.0. The van der Waals surface area contributed by atoms with Crippen LogP contribution in [0.25, 0.3) is 0 Å². The summed E-state index contributed by atoms with van der Waals surface area (Å²) < 4.78 is 6.10. The van der Waals surface area contributed by atoms with Gasteiger partial charge < -0.3 is 10.1 Å². The van der Waals surface area contributed by atoms with Crippen LogP contribution in [0.2, 0.25) is 0 Å². The third kappa shape index (κ3) is 5.89. The predicted molar refractivity (Wildman–Crippen MR) is 120 cm³/mol. The van der Waals surface area contributed by atoms with Gasteiger partial charge >= 0.3 is 0 Å². The molecule has 6 heteroatoms. The Kier molecular flexibility index (Phi) is 6.89. The molecule has 3 heterocycles. The molecule has 0 bridgehead atoms. The van der Waals surface area contributed by atoms with E-state index in [1.807, 2.05) is 12.1 Å². The van der Waals surface area contributed by atoms with Crippen molar-refractivity contribution in [3.8, 4) is 5.88 Å². The van der Waals surface area contributed by atoms with Gasteiger partial charge in [0.2, 0.25) is 5.88 Å². The highest BCUT2D eigenvalue weighted by Gasteiger charge is 2.21. The van der Waals surface area contributed by atoms with Crippen LogP contribution in [0.5, 0.6) is 5.88 Å². The fourth-order valence-electron chi connectivity index (χ4n) is 3.76. The van der Waals surface area contributed by atoms with E-state index in [0.29, 0.717) is 18.0 Å². The average molecular weight is 417 g/mol. The third-order valence-electron chi connectivity index (χ3n) is 5.67. The van der Waals surface area contributed by atoms with Crippen molar-refractivity contribution in [1.82, 2.24) is 20.2 Å². The van der Waals surface area contributed by atoms with Crippen molar-refractivity contribution < 1.29 is 9.53 Å². The van der Waals surface area contributed by atoms with Gasteiger partial charge in [0.1, 0.15) is 6.10 Å². The quantitative estimate of drug-likeness (QED) is 0.635. The maximum Gasteiger partial charge on any atom is 0.251 e. The van der Waals surface area contributed by atoms with Crippen molar-refractivity contribution in [2.24, 2.45) is 0 Å². The number of hydrogen-bond donors (Lipinski definition) is 1. The molecular formula is C25H28N4O2. The molecule has 31 heavy (non-hydrogen) atoms. The van der Waals surface area contributed by atoms with E-state index in [4.69, 9.17) is 4.74 Å². The molecule has 1 aliphatic heterocycles. The third-order valence-corrected chi connectivity index (χ3v) is 5.67. The number of nitrogens with zero attached hydrogens (tertiary/aromatic N) is 3. The lowest BCUT2D eigenvalue weighted by Crippen LogP contribution is -2.38. The van der Waals surface area contributed by atoms with Crippen LogP contribution >= 0.6 is 0 Å². The number of likely N-dealkylation sites (tertiary alicyclic amines) is 1. The predicted octanol–water partition coefficient (Wildman–Crippen LogP) is 3.76. The topological polar surface area (TPSA) is 67.3 Å². The maximum atomic E-state index is 12.1. The Morgan fingerprint density at radius 2 is 1.87 bits per heavy atom. The Labute approximate surface area is 183 Å². The molecule has 0 atom stereocenters. The number of hydrogen-bond acceptors (Lipinski definition) is 5. The minimum atomic E-state index is -0.125. The minimum absolute atomic E-state index is 0.125. The molecule has 0 aliphatic carbocycles. The highest BCUT2D eigenvalue weighted by molar-refractivity contribution is 5.93. The molecule has 0 spiro atoms. The summed E-state index contributed by atoms with van der Waals surface area (Å²) in [5.41, 5.74) is 4.27. The summed E-state index contributed by atoms with van der Waals surface area (Å²) in [7, 11) is 0. The summed E-state index contributed by atoms with van der Waals surface area (Å²) in [6, 6.07) is 15.8. The lowest BCUT2D eigenvalue weighted by molar-refractivity contribution is 0.0931. The van der Waals surface area contributed by atoms with Gasteiger partial charge in [-0.2, -0.15) is 0 Å². The largest absolute Gasteiger partial charge is 0.474 e. The number of ether oxygens (including phenoxy) is 1. The number of carbonyl (C=O) groups excluding carboxylic acids is 1. The molecule has 1 fully saturated rings. The van der Waals surface area contributed by atoms with Gasteiger partial charge in [0, 0.05) is 56.4 Å². The molecule has 2 aromatic heterocycles. The standard InChI is InChI=1S/C25H28N4O2/c1-19-4-2-3-5-22(19)18-29-14-10-23(11-15-29)31-24-7-6-20(16-27-24)17-28-25(30)21-8-12-26-13-9-21/h2-9,12-13,16,23H,10-11,14-15,17-18H2,1H3,(H,28,30). The molecule has 4 rings (SSSR count). The van der Waals surface area contributed by atoms with Gasteiger partial charge in [0.15, 0.2) is 0 Å². The summed E-state index contributed by atoms with van der Waals surface area (Å²) in [6.07, 6.45) is 7.16. The number of carbonyl (C=O) groups is 1. The SMILES string of the molecule is Cc1ccccc1CN1CCC(Oc2ccc(CNC(=O)c3ccncc3)cn2)CC1. The molecular weight excluding hydrogens is 388 g/mol. The van der Waals surface area contributed by atoms with E-state index in [-0.39, 0.29) is 12.0 Å². The van der Waals surface area contributed by atoms with Crippen molar-refractivity contribution in [3.63, 3.8) is 0 Å². The minimum Gasteiger partial charge on any atom is -0.474 e. The molecule has 3 aromatic rings. The Bertz CT molecular complexity index is 984. The van der Waals surface area contributed by atoms with Crippen molar-refractivity contribution in [2.45, 2.75) is 39.0 Å². The maximum absolute atomic E-state index is 12.1. The zero-order valence-corrected chi connectivity index (χ0v) is 17.8. The molecule has 1 aromatic carbocycles. The fourth-order valence-corrected chi connectivity index (χ4v) is 3.76. The van der Waals surface area contributed by atoms with E-state index in [1.165, 1.54) is 11.1 Å². The Hall–Kier alpha value is -3.25. The van der Waals surface area contributed by atoms with E-state index in [0.717, 1.165) is 38.0 Å². The first-order valence-electron chi connectivity index (χ1n) is 10.7. The second-order valence-corrected chi connectivity index (χ2v) is 7.94. The molecule has 6 nitrogen and oxygen atoms in total. The lowest BCUT2D eigenvalue weighted by atomic mass is 10.0. The number of aromatic nitrogens is 2. The monoisotopic (exact) mass is 416 g/mol. The number of rotatable bonds is 7. The van der Waals surface area contributed by atoms with E-state index in [1.54, 1.807) is 30.7 Å². The fraction of sp³-hybridized carbons (Fsp3) is 0.320. The molecule has 0 saturated carbocycles. The van der Waals surface area contributed by atoms with E-state index < -0.39 is 0 Å². The van der Waals surface area contributed by atoms with E-state index >= 15 is 0 Å². The van der Waals surface area contributed by atoms with E-state index in [2.05, 4.69) is 51.4 Å². The molecule has 0 radical (unpaired) electrons. The van der Waals surface area contributed by atoms with Gasteiger partial charge in [-0.15, -0.1) is 0 Å². The molecule has 1 amide bonds. The van der Waals surface area contributed by atoms with Crippen molar-refractivity contribution >= 4 is 5.91 Å². The number of piperidine rings is 1. The molecule has 1 aliphatic rings. The van der Waals surface area contributed by atoms with Crippen molar-refractivity contribution in [1.29, 1.82) is 0 Å². The van der Waals surface area contributed by atoms with Crippen LogP contribution in [-0.2, 0) is 13.1 Å². The molecule has 1 N–H and O–H groups in total. The van der Waals surface area contributed by atoms with Gasteiger partial charge in [-0.05, 0) is 48.6 Å². The smallest absolute Gasteiger partial charge is 0.251 e. The van der Waals surface area contributed by atoms with Gasteiger partial charge in [0.05, 0.1) is 0 Å². The van der Waals surface area contributed by atoms with Gasteiger partial charge in [0.25, 0.3) is 5.91 Å². The summed E-state index contributed by atoms with van der Waals surface area (Å²) in [5.74, 6) is 0.516. The Morgan fingerprint density at radius 1 is 1.10 bits per heavy atom. The summed E-state index contributed by atoms with van der Waals surface area (Å²) >= 11 is 0. The van der Waals surface area contributed by atoms with Gasteiger partial charge in [-0.25, -0.2) is 4.98 Å². The Balaban J connectivity index is 1.22. The van der Waals surface area contributed by atoms with Crippen LogP contribution in [0.4, 0.5) is 0 Å². The number of benzene rings is 1. The average Bonchev–Trinajstić information content (AvgIpc) is 2.82. The highest BCUT2D eigenvalue weighted by atomic mass is 16.5. The zero-order chi connectivity index (χ0) is 21.5. The van der Waals surface area contributed by atoms with Crippen LogP contribution in [0.1, 0.15) is 39.9 Å². The molecule has 160 valence electrons. The first-order chi connectivity index (χ1) is 15.2. The number of nitrogens with one attached hydrogen (secondary N) is 1. The number of aryl methyl sites for hydroxylation is 1. The van der Waals surface area contributed by atoms with Crippen LogP contribution in [0.3, 0.4) is 0 Å². The first kappa shape index (κ1) is 21.0. The van der Waals surface area contributed by atoms with Gasteiger partial charge in [-0.3, -0.25) is 14.7 Å². The van der Waals surface area contributed by atoms with Gasteiger partial charge in [-0.1, -0.05) is 30.3 Å². The zero-order valence-electron chi connectivity index (χ0n) is 17.8. The highest BCUT2D eigenvalue weighted by Crippen LogP contribution is 2.20. The Morgan fingerprint density at radius 3 is 2.58 bits per heavy atom. The second-order valence-electron chi connectivity index (χ2n) is 7.94. The van der Waals surface area contributed by atoms with Crippen LogP contribution < -0.4 is 10.1 Å². The van der Waals surface area contributed by atoms with Crippen LogP contribution in [-0.4, -0.2) is 40.0 Å². The number of amides is 1. The first-order valence-corrected chi connectivity index (χ1v) is 10.7. The second kappa shape index (κ2) is 10.2. The molecule has 0 unspecified atom stereocenters. The van der Waals surface area contributed by atoms with Crippen LogP contribution in [0, 0.1) is 6.92 Å².